The van der Waals surface area contributed by atoms with Crippen LogP contribution in [-0.4, -0.2) is 46.8 Å². The molecule has 0 amide bonds. The Bertz CT molecular complexity index is 466. The van der Waals surface area contributed by atoms with Crippen LogP contribution < -0.4 is 0 Å². The van der Waals surface area contributed by atoms with E-state index in [9.17, 15) is 4.79 Å². The molecular weight excluding hydrogens is 360 g/mol. The molecule has 7 heteroatoms. The zero-order valence-electron chi connectivity index (χ0n) is 17.0. The van der Waals surface area contributed by atoms with Gasteiger partial charge in [-0.3, -0.25) is 4.79 Å². The average Bonchev–Trinajstić information content (AvgIpc) is 2.61. The molecule has 24 heavy (non-hydrogen) atoms. The molecule has 0 N–H and O–H groups in total. The standard InChI is InChI=1S/C17H35ClO4Si2/c1-16(2,3)23(7,8)20-11-12-14(13(18)15(19)21-12)22-24(9,10)17(4,5)6/h12-14H,11H2,1-10H3/t12-,13-,14-/m1/s1. The van der Waals surface area contributed by atoms with E-state index in [1.807, 2.05) is 0 Å². The van der Waals surface area contributed by atoms with E-state index in [1.54, 1.807) is 0 Å². The molecule has 1 saturated heterocycles. The normalized spacial score (nSPS) is 26.6. The first-order valence-corrected chi connectivity index (χ1v) is 14.9. The highest BCUT2D eigenvalue weighted by Crippen LogP contribution is 2.41. The quantitative estimate of drug-likeness (QED) is 0.376. The van der Waals surface area contributed by atoms with Gasteiger partial charge < -0.3 is 13.6 Å². The van der Waals surface area contributed by atoms with Gasteiger partial charge in [0, 0.05) is 0 Å². The molecule has 0 aliphatic carbocycles. The molecule has 0 aromatic rings. The highest BCUT2D eigenvalue weighted by atomic mass is 35.5. The third kappa shape index (κ3) is 4.84. The van der Waals surface area contributed by atoms with Crippen molar-refractivity contribution in [2.75, 3.05) is 6.61 Å². The Labute approximate surface area is 154 Å². The van der Waals surface area contributed by atoms with Crippen LogP contribution in [0.25, 0.3) is 0 Å². The molecule has 0 bridgehead atoms. The summed E-state index contributed by atoms with van der Waals surface area (Å²) in [6.45, 7) is 22.1. The van der Waals surface area contributed by atoms with Crippen molar-refractivity contribution in [2.45, 2.75) is 95.4 Å². The summed E-state index contributed by atoms with van der Waals surface area (Å²) in [5.74, 6) is -0.399. The average molecular weight is 395 g/mol. The largest absolute Gasteiger partial charge is 0.456 e. The number of hydrogen-bond donors (Lipinski definition) is 0. The third-order valence-electron chi connectivity index (χ3n) is 5.80. The van der Waals surface area contributed by atoms with Gasteiger partial charge in [0.25, 0.3) is 0 Å². The summed E-state index contributed by atoms with van der Waals surface area (Å²) in [6.07, 6.45) is -0.868. The van der Waals surface area contributed by atoms with Crippen LogP contribution >= 0.6 is 11.6 Å². The van der Waals surface area contributed by atoms with Gasteiger partial charge in [-0.05, 0) is 36.3 Å². The van der Waals surface area contributed by atoms with E-state index in [4.69, 9.17) is 25.2 Å². The predicted octanol–water partition coefficient (Wildman–Crippen LogP) is 4.93. The second kappa shape index (κ2) is 7.02. The summed E-state index contributed by atoms with van der Waals surface area (Å²) < 4.78 is 18.1. The second-order valence-electron chi connectivity index (χ2n) is 9.79. The van der Waals surface area contributed by atoms with Crippen molar-refractivity contribution in [2.24, 2.45) is 0 Å². The predicted molar refractivity (Wildman–Crippen MR) is 105 cm³/mol. The topological polar surface area (TPSA) is 44.8 Å². The molecular formula is C17H35ClO4Si2. The van der Waals surface area contributed by atoms with E-state index in [-0.39, 0.29) is 10.1 Å². The van der Waals surface area contributed by atoms with Crippen molar-refractivity contribution in [3.63, 3.8) is 0 Å². The highest BCUT2D eigenvalue weighted by molar-refractivity contribution is 6.74. The van der Waals surface area contributed by atoms with E-state index in [1.165, 1.54) is 0 Å². The zero-order valence-corrected chi connectivity index (χ0v) is 19.7. The summed E-state index contributed by atoms with van der Waals surface area (Å²) in [5, 5.41) is -0.613. The molecule has 142 valence electrons. The maximum Gasteiger partial charge on any atom is 0.327 e. The molecule has 1 rings (SSSR count). The number of carbonyl (C=O) groups is 1. The van der Waals surface area contributed by atoms with Crippen molar-refractivity contribution < 1.29 is 18.4 Å². The molecule has 1 aliphatic rings. The van der Waals surface area contributed by atoms with E-state index < -0.39 is 40.2 Å². The van der Waals surface area contributed by atoms with Crippen LogP contribution in [0.4, 0.5) is 0 Å². The Kier molecular flexibility index (Phi) is 6.48. The van der Waals surface area contributed by atoms with Crippen LogP contribution in [0.1, 0.15) is 41.5 Å². The van der Waals surface area contributed by atoms with Gasteiger partial charge in [-0.15, -0.1) is 11.6 Å². The number of esters is 1. The fourth-order valence-corrected chi connectivity index (χ4v) is 4.58. The SMILES string of the molecule is CC(C)(C)[Si](C)(C)OC[C@H]1OC(=O)[C@H](Cl)[C@@H]1O[Si](C)(C)C(C)(C)C. The van der Waals surface area contributed by atoms with Crippen LogP contribution in [0, 0.1) is 0 Å². The van der Waals surface area contributed by atoms with Crippen molar-refractivity contribution in [3.05, 3.63) is 0 Å². The van der Waals surface area contributed by atoms with Crippen molar-refractivity contribution in [1.29, 1.82) is 0 Å². The van der Waals surface area contributed by atoms with Crippen LogP contribution in [-0.2, 0) is 18.4 Å². The zero-order chi connectivity index (χ0) is 19.1. The molecule has 0 unspecified atom stereocenters. The maximum absolute atomic E-state index is 12.0. The first kappa shape index (κ1) is 22.2. The summed E-state index contributed by atoms with van der Waals surface area (Å²) in [5.41, 5.74) is 0. The van der Waals surface area contributed by atoms with E-state index >= 15 is 0 Å². The Morgan fingerprint density at radius 3 is 1.88 bits per heavy atom. The molecule has 0 saturated carbocycles. The minimum absolute atomic E-state index is 0.0418. The smallest absolute Gasteiger partial charge is 0.327 e. The summed E-state index contributed by atoms with van der Waals surface area (Å²) in [6, 6.07) is 0. The lowest BCUT2D eigenvalue weighted by atomic mass is 10.2. The first-order valence-electron chi connectivity index (χ1n) is 8.66. The number of alkyl halides is 1. The van der Waals surface area contributed by atoms with Crippen molar-refractivity contribution in [1.82, 2.24) is 0 Å². The van der Waals surface area contributed by atoms with Gasteiger partial charge in [0.15, 0.2) is 28.1 Å². The molecule has 4 nitrogen and oxygen atoms in total. The van der Waals surface area contributed by atoms with Crippen molar-refractivity contribution >= 4 is 34.2 Å². The van der Waals surface area contributed by atoms with Crippen LogP contribution in [0.2, 0.25) is 36.3 Å². The van der Waals surface area contributed by atoms with Crippen LogP contribution in [0.3, 0.4) is 0 Å². The fourth-order valence-electron chi connectivity index (χ4n) is 1.89. The maximum atomic E-state index is 12.0. The van der Waals surface area contributed by atoms with E-state index in [0.29, 0.717) is 6.61 Å². The van der Waals surface area contributed by atoms with E-state index in [2.05, 4.69) is 67.7 Å². The van der Waals surface area contributed by atoms with Gasteiger partial charge in [0.1, 0.15) is 6.10 Å². The minimum atomic E-state index is -2.06. The number of ether oxygens (including phenoxy) is 1. The van der Waals surface area contributed by atoms with Crippen LogP contribution in [0.5, 0.6) is 0 Å². The fraction of sp³-hybridized carbons (Fsp3) is 0.941. The summed E-state index contributed by atoms with van der Waals surface area (Å²) >= 11 is 6.30. The first-order chi connectivity index (χ1) is 10.5. The van der Waals surface area contributed by atoms with Gasteiger partial charge in [0.05, 0.1) is 6.61 Å². The van der Waals surface area contributed by atoms with Gasteiger partial charge >= 0.3 is 5.97 Å². The lowest BCUT2D eigenvalue weighted by Gasteiger charge is -2.40. The van der Waals surface area contributed by atoms with Crippen molar-refractivity contribution in [3.8, 4) is 0 Å². The molecule has 0 spiro atoms. The summed E-state index contributed by atoms with van der Waals surface area (Å²) in [7, 11) is -3.98. The number of hydrogen-bond acceptors (Lipinski definition) is 4. The number of rotatable bonds is 5. The third-order valence-corrected chi connectivity index (χ3v) is 15.2. The lowest BCUT2D eigenvalue weighted by molar-refractivity contribution is -0.142. The Balaban J connectivity index is 2.88. The molecule has 1 aliphatic heterocycles. The Hall–Kier alpha value is 0.114. The highest BCUT2D eigenvalue weighted by Gasteiger charge is 2.50. The molecule has 0 aromatic heterocycles. The van der Waals surface area contributed by atoms with Crippen LogP contribution in [0.15, 0.2) is 0 Å². The molecule has 1 fully saturated rings. The molecule has 0 aromatic carbocycles. The Morgan fingerprint density at radius 1 is 1.00 bits per heavy atom. The molecule has 0 radical (unpaired) electrons. The number of cyclic esters (lactones) is 1. The number of halogens is 1. The van der Waals surface area contributed by atoms with Gasteiger partial charge in [0.2, 0.25) is 0 Å². The second-order valence-corrected chi connectivity index (χ2v) is 19.8. The Morgan fingerprint density at radius 2 is 1.46 bits per heavy atom. The van der Waals surface area contributed by atoms with E-state index in [0.717, 1.165) is 0 Å². The van der Waals surface area contributed by atoms with Gasteiger partial charge in [-0.25, -0.2) is 0 Å². The minimum Gasteiger partial charge on any atom is -0.456 e. The van der Waals surface area contributed by atoms with Gasteiger partial charge in [-0.1, -0.05) is 41.5 Å². The van der Waals surface area contributed by atoms with Gasteiger partial charge in [-0.2, -0.15) is 0 Å². The summed E-state index contributed by atoms with van der Waals surface area (Å²) in [4.78, 5) is 12.0. The molecule has 1 heterocycles. The lowest BCUT2D eigenvalue weighted by Crippen LogP contribution is -2.50. The monoisotopic (exact) mass is 394 g/mol. The number of carbonyl (C=O) groups excluding carboxylic acids is 1. The molecule has 3 atom stereocenters.